The van der Waals surface area contributed by atoms with E-state index in [2.05, 4.69) is 9.84 Å². The summed E-state index contributed by atoms with van der Waals surface area (Å²) in [6.45, 7) is 3.46. The fourth-order valence-corrected chi connectivity index (χ4v) is 2.13. The van der Waals surface area contributed by atoms with Crippen molar-refractivity contribution in [3.8, 4) is 11.3 Å². The van der Waals surface area contributed by atoms with Gasteiger partial charge in [-0.05, 0) is 32.0 Å². The van der Waals surface area contributed by atoms with Crippen LogP contribution in [0.5, 0.6) is 0 Å². The maximum Gasteiger partial charge on any atom is 0.358 e. The molecule has 1 heterocycles. The van der Waals surface area contributed by atoms with Gasteiger partial charge in [0.1, 0.15) is 11.9 Å². The van der Waals surface area contributed by atoms with Crippen molar-refractivity contribution < 1.29 is 23.5 Å². The molecule has 7 heteroatoms. The SMILES string of the molecule is CCOC(=O)C(C)n1nc(C(=O)OC)cc1-c1ccccc1F. The first kappa shape index (κ1) is 16.7. The molecule has 0 saturated heterocycles. The summed E-state index contributed by atoms with van der Waals surface area (Å²) in [5, 5.41) is 4.08. The standard InChI is InChI=1S/C16H17FN2O4/c1-4-23-15(20)10(2)19-14(9-13(18-19)16(21)22-3)11-7-5-6-8-12(11)17/h5-10H,4H2,1-3H3. The molecule has 0 aliphatic carbocycles. The van der Waals surface area contributed by atoms with E-state index in [1.807, 2.05) is 0 Å². The van der Waals surface area contributed by atoms with Crippen molar-refractivity contribution >= 4 is 11.9 Å². The van der Waals surface area contributed by atoms with Gasteiger partial charge in [-0.2, -0.15) is 5.10 Å². The molecule has 1 atom stereocenters. The van der Waals surface area contributed by atoms with Gasteiger partial charge in [-0.3, -0.25) is 0 Å². The molecule has 6 nitrogen and oxygen atoms in total. The molecule has 1 aromatic carbocycles. The molecule has 23 heavy (non-hydrogen) atoms. The van der Waals surface area contributed by atoms with Crippen LogP contribution in [0, 0.1) is 5.82 Å². The van der Waals surface area contributed by atoms with E-state index in [1.165, 1.54) is 23.9 Å². The molecule has 1 unspecified atom stereocenters. The largest absolute Gasteiger partial charge is 0.464 e. The Bertz CT molecular complexity index is 727. The Morgan fingerprint density at radius 2 is 2.04 bits per heavy atom. The molecular weight excluding hydrogens is 303 g/mol. The van der Waals surface area contributed by atoms with E-state index in [0.717, 1.165) is 0 Å². The summed E-state index contributed by atoms with van der Waals surface area (Å²) >= 11 is 0. The number of carbonyl (C=O) groups excluding carboxylic acids is 2. The maximum atomic E-state index is 14.1. The molecule has 0 radical (unpaired) electrons. The Morgan fingerprint density at radius 1 is 1.35 bits per heavy atom. The number of carbonyl (C=O) groups is 2. The Balaban J connectivity index is 2.55. The number of hydrogen-bond donors (Lipinski definition) is 0. The van der Waals surface area contributed by atoms with Crippen LogP contribution >= 0.6 is 0 Å². The van der Waals surface area contributed by atoms with E-state index in [0.29, 0.717) is 5.69 Å². The fraction of sp³-hybridized carbons (Fsp3) is 0.312. The molecule has 1 aromatic heterocycles. The number of hydrogen-bond acceptors (Lipinski definition) is 5. The highest BCUT2D eigenvalue weighted by atomic mass is 19.1. The summed E-state index contributed by atoms with van der Waals surface area (Å²) in [6, 6.07) is 6.61. The van der Waals surface area contributed by atoms with Gasteiger partial charge in [-0.25, -0.2) is 18.7 Å². The van der Waals surface area contributed by atoms with Crippen molar-refractivity contribution in [2.75, 3.05) is 13.7 Å². The summed E-state index contributed by atoms with van der Waals surface area (Å²) < 4.78 is 25.0. The van der Waals surface area contributed by atoms with Crippen molar-refractivity contribution in [2.45, 2.75) is 19.9 Å². The van der Waals surface area contributed by atoms with Gasteiger partial charge in [0.2, 0.25) is 0 Å². The van der Waals surface area contributed by atoms with Gasteiger partial charge in [0.25, 0.3) is 0 Å². The second-order valence-electron chi connectivity index (χ2n) is 4.76. The Morgan fingerprint density at radius 3 is 2.65 bits per heavy atom. The van der Waals surface area contributed by atoms with Crippen LogP contribution in [0.4, 0.5) is 4.39 Å². The lowest BCUT2D eigenvalue weighted by molar-refractivity contribution is -0.146. The van der Waals surface area contributed by atoms with Gasteiger partial charge in [0, 0.05) is 5.56 Å². The average Bonchev–Trinajstić information content (AvgIpc) is 2.99. The minimum atomic E-state index is -0.817. The Kier molecular flexibility index (Phi) is 5.10. The molecule has 0 bridgehead atoms. The van der Waals surface area contributed by atoms with E-state index in [1.54, 1.807) is 32.0 Å². The van der Waals surface area contributed by atoms with Crippen LogP contribution in [-0.4, -0.2) is 35.4 Å². The molecule has 122 valence electrons. The number of esters is 2. The molecule has 2 rings (SSSR count). The third kappa shape index (κ3) is 3.39. The second kappa shape index (κ2) is 7.04. The molecule has 0 fully saturated rings. The van der Waals surface area contributed by atoms with Crippen LogP contribution in [0.25, 0.3) is 11.3 Å². The minimum absolute atomic E-state index is 0.0121. The fourth-order valence-electron chi connectivity index (χ4n) is 2.13. The topological polar surface area (TPSA) is 70.4 Å². The van der Waals surface area contributed by atoms with Crippen molar-refractivity contribution in [3.05, 3.63) is 41.8 Å². The zero-order valence-corrected chi connectivity index (χ0v) is 13.1. The van der Waals surface area contributed by atoms with Gasteiger partial charge >= 0.3 is 11.9 Å². The Hall–Kier alpha value is -2.70. The number of rotatable bonds is 5. The molecule has 0 N–H and O–H groups in total. The number of benzene rings is 1. The first-order valence-electron chi connectivity index (χ1n) is 7.09. The van der Waals surface area contributed by atoms with Crippen LogP contribution in [0.3, 0.4) is 0 Å². The summed E-state index contributed by atoms with van der Waals surface area (Å²) in [4.78, 5) is 23.7. The van der Waals surface area contributed by atoms with E-state index in [4.69, 9.17) is 4.74 Å². The van der Waals surface area contributed by atoms with Gasteiger partial charge in [0.15, 0.2) is 5.69 Å². The smallest absolute Gasteiger partial charge is 0.358 e. The normalized spacial score (nSPS) is 11.8. The lowest BCUT2D eigenvalue weighted by Crippen LogP contribution is -2.21. The number of aromatic nitrogens is 2. The van der Waals surface area contributed by atoms with E-state index >= 15 is 0 Å². The molecule has 2 aromatic rings. The average molecular weight is 320 g/mol. The highest BCUT2D eigenvalue weighted by Crippen LogP contribution is 2.27. The molecular formula is C16H17FN2O4. The third-order valence-electron chi connectivity index (χ3n) is 3.27. The van der Waals surface area contributed by atoms with Gasteiger partial charge in [-0.1, -0.05) is 12.1 Å². The van der Waals surface area contributed by atoms with Gasteiger partial charge < -0.3 is 9.47 Å². The highest BCUT2D eigenvalue weighted by molar-refractivity contribution is 5.89. The maximum absolute atomic E-state index is 14.1. The van der Waals surface area contributed by atoms with E-state index in [9.17, 15) is 14.0 Å². The summed E-state index contributed by atoms with van der Waals surface area (Å²) in [5.74, 6) is -1.68. The molecule has 0 saturated carbocycles. The first-order chi connectivity index (χ1) is 11.0. The zero-order chi connectivity index (χ0) is 17.0. The Labute approximate surface area is 132 Å². The lowest BCUT2D eigenvalue weighted by Gasteiger charge is -2.14. The van der Waals surface area contributed by atoms with Crippen LogP contribution in [-0.2, 0) is 14.3 Å². The quantitative estimate of drug-likeness (QED) is 0.792. The minimum Gasteiger partial charge on any atom is -0.464 e. The molecule has 0 amide bonds. The second-order valence-corrected chi connectivity index (χ2v) is 4.76. The third-order valence-corrected chi connectivity index (χ3v) is 3.27. The lowest BCUT2D eigenvalue weighted by atomic mass is 10.1. The van der Waals surface area contributed by atoms with Crippen LogP contribution < -0.4 is 0 Å². The summed E-state index contributed by atoms with van der Waals surface area (Å²) in [7, 11) is 1.22. The predicted molar refractivity (Wildman–Crippen MR) is 80.3 cm³/mol. The van der Waals surface area contributed by atoms with Crippen molar-refractivity contribution in [1.82, 2.24) is 9.78 Å². The van der Waals surface area contributed by atoms with Crippen LogP contribution in [0.2, 0.25) is 0 Å². The van der Waals surface area contributed by atoms with Crippen LogP contribution in [0.15, 0.2) is 30.3 Å². The predicted octanol–water partition coefficient (Wildman–Crippen LogP) is 2.60. The highest BCUT2D eigenvalue weighted by Gasteiger charge is 2.25. The van der Waals surface area contributed by atoms with Gasteiger partial charge in [-0.15, -0.1) is 0 Å². The molecule has 0 spiro atoms. The monoisotopic (exact) mass is 320 g/mol. The summed E-state index contributed by atoms with van der Waals surface area (Å²) in [6.07, 6.45) is 0. The summed E-state index contributed by atoms with van der Waals surface area (Å²) in [5.41, 5.74) is 0.511. The molecule has 0 aliphatic rings. The van der Waals surface area contributed by atoms with Crippen LogP contribution in [0.1, 0.15) is 30.4 Å². The van der Waals surface area contributed by atoms with E-state index in [-0.39, 0.29) is 17.9 Å². The number of methoxy groups -OCH3 is 1. The zero-order valence-electron chi connectivity index (χ0n) is 13.1. The van der Waals surface area contributed by atoms with Crippen molar-refractivity contribution in [2.24, 2.45) is 0 Å². The van der Waals surface area contributed by atoms with Crippen molar-refractivity contribution in [1.29, 1.82) is 0 Å². The van der Waals surface area contributed by atoms with Crippen molar-refractivity contribution in [3.63, 3.8) is 0 Å². The number of nitrogens with zero attached hydrogens (tertiary/aromatic N) is 2. The van der Waals surface area contributed by atoms with Gasteiger partial charge in [0.05, 0.1) is 19.4 Å². The van der Waals surface area contributed by atoms with E-state index < -0.39 is 23.8 Å². The molecule has 0 aliphatic heterocycles. The number of ether oxygens (including phenoxy) is 2. The number of halogens is 1. The first-order valence-corrected chi connectivity index (χ1v) is 7.09.